The van der Waals surface area contributed by atoms with Crippen molar-refractivity contribution in [2.24, 2.45) is 11.3 Å². The van der Waals surface area contributed by atoms with E-state index in [1.165, 1.54) is 13.2 Å². The summed E-state index contributed by atoms with van der Waals surface area (Å²) in [7, 11) is 0. The zero-order valence-electron chi connectivity index (χ0n) is 22.7. The lowest BCUT2D eigenvalue weighted by atomic mass is 9.50. The minimum atomic E-state index is -1.57. The molecule has 2 aliphatic carbocycles. The molecule has 1 heterocycles. The first-order valence-corrected chi connectivity index (χ1v) is 13.4. The number of rotatable bonds is 6. The molecule has 39 heavy (non-hydrogen) atoms. The summed E-state index contributed by atoms with van der Waals surface area (Å²) in [4.78, 5) is 25.7. The fourth-order valence-electron chi connectivity index (χ4n) is 7.11. The number of carbonyl (C=O) groups is 2. The van der Waals surface area contributed by atoms with E-state index in [-0.39, 0.29) is 6.42 Å². The summed E-state index contributed by atoms with van der Waals surface area (Å²) >= 11 is 0. The average Bonchev–Trinajstić information content (AvgIpc) is 3.09. The van der Waals surface area contributed by atoms with Crippen LogP contribution in [0.5, 0.6) is 0 Å². The normalized spacial score (nSPS) is 36.7. The Kier molecular flexibility index (Phi) is 7.07. The van der Waals surface area contributed by atoms with Crippen molar-refractivity contribution in [3.63, 3.8) is 0 Å². The molecule has 2 N–H and O–H groups in total. The van der Waals surface area contributed by atoms with Crippen molar-refractivity contribution in [2.45, 2.75) is 82.3 Å². The van der Waals surface area contributed by atoms with Crippen LogP contribution >= 0.6 is 0 Å². The van der Waals surface area contributed by atoms with Gasteiger partial charge in [0, 0.05) is 6.92 Å². The van der Waals surface area contributed by atoms with Gasteiger partial charge in [-0.15, -0.1) is 0 Å². The highest BCUT2D eigenvalue weighted by atomic mass is 16.6. The SMILES string of the molecule is CC(=O)OC1CCC(O)C23OC(C)(C)C(C(OC=Cc4ccccc4)C(OC(=O)c4ccccc4)C12C)C3O. The fourth-order valence-corrected chi connectivity index (χ4v) is 7.11. The lowest BCUT2D eigenvalue weighted by molar-refractivity contribution is -0.308. The van der Waals surface area contributed by atoms with E-state index in [1.807, 2.05) is 44.2 Å². The molecule has 2 saturated carbocycles. The summed E-state index contributed by atoms with van der Waals surface area (Å²) < 4.78 is 25.0. The van der Waals surface area contributed by atoms with Crippen molar-refractivity contribution in [1.29, 1.82) is 0 Å². The summed E-state index contributed by atoms with van der Waals surface area (Å²) in [6.45, 7) is 6.72. The molecule has 3 aliphatic rings. The van der Waals surface area contributed by atoms with Crippen LogP contribution in [0.25, 0.3) is 6.08 Å². The van der Waals surface area contributed by atoms with Gasteiger partial charge < -0.3 is 29.2 Å². The smallest absolute Gasteiger partial charge is 0.338 e. The number of ether oxygens (including phenoxy) is 4. The quantitative estimate of drug-likeness (QED) is 0.423. The maximum absolute atomic E-state index is 13.5. The molecule has 8 atom stereocenters. The molecule has 2 aromatic rings. The van der Waals surface area contributed by atoms with Crippen molar-refractivity contribution < 1.29 is 38.7 Å². The van der Waals surface area contributed by atoms with Gasteiger partial charge in [0.1, 0.15) is 17.8 Å². The van der Waals surface area contributed by atoms with Crippen LogP contribution < -0.4 is 0 Å². The first-order chi connectivity index (χ1) is 18.5. The maximum atomic E-state index is 13.5. The number of aliphatic hydroxyl groups is 2. The van der Waals surface area contributed by atoms with Crippen molar-refractivity contribution in [2.75, 3.05) is 0 Å². The van der Waals surface area contributed by atoms with Gasteiger partial charge in [0.05, 0.1) is 41.0 Å². The molecule has 0 aromatic heterocycles. The maximum Gasteiger partial charge on any atom is 0.338 e. The van der Waals surface area contributed by atoms with Gasteiger partial charge in [-0.3, -0.25) is 4.79 Å². The Balaban J connectivity index is 1.64. The van der Waals surface area contributed by atoms with E-state index < -0.39 is 65.0 Å². The Morgan fingerprint density at radius 2 is 1.59 bits per heavy atom. The number of fused-ring (bicyclic) bond motifs is 1. The van der Waals surface area contributed by atoms with Crippen LogP contribution in [-0.2, 0) is 23.7 Å². The molecular weight excluding hydrogens is 500 g/mol. The summed E-state index contributed by atoms with van der Waals surface area (Å²) in [5.74, 6) is -1.78. The molecule has 2 aromatic carbocycles. The second kappa shape index (κ2) is 10.1. The highest BCUT2D eigenvalue weighted by molar-refractivity contribution is 5.89. The van der Waals surface area contributed by atoms with Crippen LogP contribution in [0.2, 0.25) is 0 Å². The Hall–Kier alpha value is -3.20. The lowest BCUT2D eigenvalue weighted by Gasteiger charge is -2.61. The van der Waals surface area contributed by atoms with E-state index in [9.17, 15) is 19.8 Å². The molecule has 1 spiro atoms. The molecule has 1 aliphatic heterocycles. The number of benzene rings is 2. The highest BCUT2D eigenvalue weighted by Crippen LogP contribution is 2.65. The van der Waals surface area contributed by atoms with Crippen LogP contribution in [0.4, 0.5) is 0 Å². The number of carbonyl (C=O) groups excluding carboxylic acids is 2. The molecule has 0 amide bonds. The Morgan fingerprint density at radius 3 is 2.23 bits per heavy atom. The van der Waals surface area contributed by atoms with Gasteiger partial charge in [0.15, 0.2) is 6.10 Å². The number of hydrogen-bond acceptors (Lipinski definition) is 8. The Bertz CT molecular complexity index is 1230. The first-order valence-electron chi connectivity index (χ1n) is 13.4. The molecule has 0 radical (unpaired) electrons. The van der Waals surface area contributed by atoms with Crippen LogP contribution in [0.15, 0.2) is 66.9 Å². The minimum Gasteiger partial charge on any atom is -0.494 e. The van der Waals surface area contributed by atoms with E-state index in [2.05, 4.69) is 0 Å². The highest BCUT2D eigenvalue weighted by Gasteiger charge is 2.81. The zero-order valence-corrected chi connectivity index (χ0v) is 22.7. The van der Waals surface area contributed by atoms with Gasteiger partial charge in [-0.25, -0.2) is 4.79 Å². The number of hydrogen-bond donors (Lipinski definition) is 2. The van der Waals surface area contributed by atoms with Gasteiger partial charge in [0.2, 0.25) is 0 Å². The van der Waals surface area contributed by atoms with E-state index >= 15 is 0 Å². The van der Waals surface area contributed by atoms with Gasteiger partial charge in [-0.2, -0.15) is 0 Å². The van der Waals surface area contributed by atoms with E-state index in [0.29, 0.717) is 12.0 Å². The minimum absolute atomic E-state index is 0.242. The lowest BCUT2D eigenvalue weighted by Crippen LogP contribution is -2.77. The van der Waals surface area contributed by atoms with Crippen molar-refractivity contribution in [1.82, 2.24) is 0 Å². The third-order valence-corrected chi connectivity index (χ3v) is 8.81. The van der Waals surface area contributed by atoms with E-state index in [1.54, 1.807) is 43.3 Å². The van der Waals surface area contributed by atoms with E-state index in [4.69, 9.17) is 18.9 Å². The monoisotopic (exact) mass is 536 g/mol. The van der Waals surface area contributed by atoms with Gasteiger partial charge in [-0.05, 0) is 57.4 Å². The van der Waals surface area contributed by atoms with Crippen LogP contribution in [0, 0.1) is 11.3 Å². The van der Waals surface area contributed by atoms with Gasteiger partial charge in [0.25, 0.3) is 0 Å². The molecule has 2 bridgehead atoms. The number of aliphatic hydroxyl groups excluding tert-OH is 2. The van der Waals surface area contributed by atoms with Gasteiger partial charge in [-0.1, -0.05) is 48.5 Å². The largest absolute Gasteiger partial charge is 0.494 e. The first kappa shape index (κ1) is 27.4. The predicted octanol–water partition coefficient (Wildman–Crippen LogP) is 3.90. The predicted molar refractivity (Wildman–Crippen MR) is 142 cm³/mol. The molecule has 208 valence electrons. The Labute approximate surface area is 228 Å². The molecule has 3 fully saturated rings. The second-order valence-corrected chi connectivity index (χ2v) is 11.4. The summed E-state index contributed by atoms with van der Waals surface area (Å²) in [5.41, 5.74) is -2.65. The molecule has 8 unspecified atom stereocenters. The van der Waals surface area contributed by atoms with Crippen molar-refractivity contribution >= 4 is 18.0 Å². The number of esters is 2. The van der Waals surface area contributed by atoms with E-state index in [0.717, 1.165) is 5.56 Å². The molecule has 8 heteroatoms. The van der Waals surface area contributed by atoms with Gasteiger partial charge >= 0.3 is 11.9 Å². The third kappa shape index (κ3) is 4.35. The van der Waals surface area contributed by atoms with Crippen LogP contribution in [-0.4, -0.2) is 63.9 Å². The summed E-state index contributed by atoms with van der Waals surface area (Å²) in [6.07, 6.45) is -1.17. The van der Waals surface area contributed by atoms with Crippen molar-refractivity contribution in [3.8, 4) is 0 Å². The van der Waals surface area contributed by atoms with Crippen LogP contribution in [0.3, 0.4) is 0 Å². The summed E-state index contributed by atoms with van der Waals surface area (Å²) in [6, 6.07) is 18.2. The Morgan fingerprint density at radius 1 is 0.949 bits per heavy atom. The van der Waals surface area contributed by atoms with Crippen LogP contribution in [0.1, 0.15) is 56.5 Å². The fraction of sp³-hybridized carbons (Fsp3) is 0.484. The summed E-state index contributed by atoms with van der Waals surface area (Å²) in [5, 5.41) is 23.4. The standard InChI is InChI=1S/C31H36O8/c1-19(32)37-23-16-15-22(33)31-26(34)24(29(2,3)39-31)25(36-18-17-20-11-7-5-8-12-20)27(30(23,31)4)38-28(35)21-13-9-6-10-14-21/h5-14,17-18,22-27,33-34H,15-16H2,1-4H3. The average molecular weight is 537 g/mol. The second-order valence-electron chi connectivity index (χ2n) is 11.4. The third-order valence-electron chi connectivity index (χ3n) is 8.81. The molecule has 1 saturated heterocycles. The molecule has 8 nitrogen and oxygen atoms in total. The topological polar surface area (TPSA) is 112 Å². The molecule has 5 rings (SSSR count). The van der Waals surface area contributed by atoms with Crippen molar-refractivity contribution in [3.05, 3.63) is 78.1 Å². The zero-order chi connectivity index (χ0) is 28.0. The molecular formula is C31H36O8.